The van der Waals surface area contributed by atoms with Gasteiger partial charge in [-0.05, 0) is 43.6 Å². The molecule has 20 heavy (non-hydrogen) atoms. The molecule has 1 unspecified atom stereocenters. The Hall–Kier alpha value is -0.310. The van der Waals surface area contributed by atoms with E-state index in [1.54, 1.807) is 0 Å². The summed E-state index contributed by atoms with van der Waals surface area (Å²) in [5, 5.41) is 5.91. The van der Waals surface area contributed by atoms with Crippen LogP contribution in [0, 0.1) is 5.41 Å². The predicted octanol–water partition coefficient (Wildman–Crippen LogP) is 5.77. The van der Waals surface area contributed by atoms with Gasteiger partial charge in [0.05, 0.1) is 11.7 Å². The summed E-state index contributed by atoms with van der Waals surface area (Å²) in [7, 11) is 0. The molecule has 0 aliphatic heterocycles. The molecule has 116 valence electrons. The van der Waals surface area contributed by atoms with Crippen LogP contribution in [-0.2, 0) is 6.42 Å². The van der Waals surface area contributed by atoms with E-state index < -0.39 is 0 Å². The van der Waals surface area contributed by atoms with Crippen LogP contribution in [0.3, 0.4) is 0 Å². The average molecular weight is 343 g/mol. The number of hydrogen-bond acceptors (Lipinski definition) is 1. The molecular weight excluding hydrogens is 312 g/mol. The quantitative estimate of drug-likeness (QED) is 0.493. The van der Waals surface area contributed by atoms with Crippen molar-refractivity contribution >= 4 is 15.9 Å². The maximum Gasteiger partial charge on any atom is 0.0630 e. The van der Waals surface area contributed by atoms with Gasteiger partial charge in [-0.15, -0.1) is 0 Å². The van der Waals surface area contributed by atoms with Crippen molar-refractivity contribution in [2.45, 2.75) is 78.7 Å². The first-order valence-corrected chi connectivity index (χ1v) is 9.36. The standard InChI is InChI=1S/C17H31BrN2/c1-5-9-11-17(8-4,14-18)13-15-10-12-20(19-15)16(6-2)7-3/h10,12,16H,5-9,11,13-14H2,1-4H3. The first-order chi connectivity index (χ1) is 9.64. The minimum absolute atomic E-state index is 0.378. The molecule has 3 heteroatoms. The third-order valence-electron chi connectivity index (χ3n) is 4.63. The van der Waals surface area contributed by atoms with Crippen LogP contribution in [0.5, 0.6) is 0 Å². The molecule has 0 amide bonds. The van der Waals surface area contributed by atoms with Gasteiger partial charge in [-0.25, -0.2) is 0 Å². The number of aromatic nitrogens is 2. The number of hydrogen-bond donors (Lipinski definition) is 0. The summed E-state index contributed by atoms with van der Waals surface area (Å²) in [6, 6.07) is 2.77. The van der Waals surface area contributed by atoms with E-state index in [1.165, 1.54) is 31.4 Å². The van der Waals surface area contributed by atoms with E-state index in [0.717, 1.165) is 24.6 Å². The fourth-order valence-electron chi connectivity index (χ4n) is 2.87. The molecule has 0 saturated heterocycles. The fraction of sp³-hybridized carbons (Fsp3) is 0.824. The monoisotopic (exact) mass is 342 g/mol. The van der Waals surface area contributed by atoms with Gasteiger partial charge in [0.1, 0.15) is 0 Å². The minimum Gasteiger partial charge on any atom is -0.269 e. The average Bonchev–Trinajstić information content (AvgIpc) is 2.93. The summed E-state index contributed by atoms with van der Waals surface area (Å²) in [5.41, 5.74) is 1.64. The largest absolute Gasteiger partial charge is 0.269 e. The SMILES string of the molecule is CCCCC(CC)(CBr)Cc1ccn(C(CC)CC)n1. The minimum atomic E-state index is 0.378. The zero-order valence-electron chi connectivity index (χ0n) is 13.7. The lowest BCUT2D eigenvalue weighted by Crippen LogP contribution is -2.25. The zero-order valence-corrected chi connectivity index (χ0v) is 15.2. The lowest BCUT2D eigenvalue weighted by atomic mass is 9.78. The molecule has 1 aromatic heterocycles. The second kappa shape index (κ2) is 8.86. The van der Waals surface area contributed by atoms with Crippen molar-refractivity contribution in [3.05, 3.63) is 18.0 Å². The van der Waals surface area contributed by atoms with Crippen molar-refractivity contribution in [1.29, 1.82) is 0 Å². The molecule has 0 radical (unpaired) electrons. The lowest BCUT2D eigenvalue weighted by Gasteiger charge is -2.30. The van der Waals surface area contributed by atoms with Crippen LogP contribution >= 0.6 is 15.9 Å². The Morgan fingerprint density at radius 2 is 1.95 bits per heavy atom. The van der Waals surface area contributed by atoms with Gasteiger partial charge in [0.2, 0.25) is 0 Å². The van der Waals surface area contributed by atoms with E-state index in [2.05, 4.69) is 60.6 Å². The Morgan fingerprint density at radius 1 is 1.25 bits per heavy atom. The number of halogens is 1. The topological polar surface area (TPSA) is 17.8 Å². The molecular formula is C17H31BrN2. The number of rotatable bonds is 10. The number of nitrogens with zero attached hydrogens (tertiary/aromatic N) is 2. The Balaban J connectivity index is 2.78. The van der Waals surface area contributed by atoms with Gasteiger partial charge in [0.25, 0.3) is 0 Å². The van der Waals surface area contributed by atoms with Gasteiger partial charge in [-0.2, -0.15) is 5.10 Å². The van der Waals surface area contributed by atoms with Crippen molar-refractivity contribution in [2.75, 3.05) is 5.33 Å². The zero-order chi connectivity index (χ0) is 15.0. The van der Waals surface area contributed by atoms with E-state index in [1.807, 2.05) is 0 Å². The summed E-state index contributed by atoms with van der Waals surface area (Å²) < 4.78 is 2.17. The maximum atomic E-state index is 4.84. The molecule has 1 rings (SSSR count). The van der Waals surface area contributed by atoms with E-state index in [9.17, 15) is 0 Å². The van der Waals surface area contributed by atoms with Gasteiger partial charge in [-0.1, -0.05) is 56.5 Å². The Labute approximate surface area is 133 Å². The van der Waals surface area contributed by atoms with Crippen molar-refractivity contribution in [3.63, 3.8) is 0 Å². The fourth-order valence-corrected chi connectivity index (χ4v) is 3.75. The molecule has 0 N–H and O–H groups in total. The second-order valence-electron chi connectivity index (χ2n) is 6.02. The van der Waals surface area contributed by atoms with Gasteiger partial charge in [0, 0.05) is 11.5 Å². The summed E-state index contributed by atoms with van der Waals surface area (Å²) in [6.07, 6.45) is 10.7. The third kappa shape index (κ3) is 4.61. The van der Waals surface area contributed by atoms with Gasteiger partial charge < -0.3 is 0 Å². The van der Waals surface area contributed by atoms with Crippen LogP contribution in [0.15, 0.2) is 12.3 Å². The summed E-state index contributed by atoms with van der Waals surface area (Å²) in [6.45, 7) is 9.07. The van der Waals surface area contributed by atoms with Crippen LogP contribution in [0.2, 0.25) is 0 Å². The predicted molar refractivity (Wildman–Crippen MR) is 91.6 cm³/mol. The first-order valence-electron chi connectivity index (χ1n) is 8.24. The Bertz CT molecular complexity index is 365. The van der Waals surface area contributed by atoms with E-state index in [0.29, 0.717) is 11.5 Å². The Morgan fingerprint density at radius 3 is 2.45 bits per heavy atom. The molecule has 0 fully saturated rings. The highest BCUT2D eigenvalue weighted by Gasteiger charge is 2.27. The highest BCUT2D eigenvalue weighted by atomic mass is 79.9. The van der Waals surface area contributed by atoms with Crippen molar-refractivity contribution in [1.82, 2.24) is 9.78 Å². The number of unbranched alkanes of at least 4 members (excludes halogenated alkanes) is 1. The van der Waals surface area contributed by atoms with Gasteiger partial charge in [0.15, 0.2) is 0 Å². The molecule has 0 saturated carbocycles. The molecule has 2 nitrogen and oxygen atoms in total. The highest BCUT2D eigenvalue weighted by molar-refractivity contribution is 9.09. The summed E-state index contributed by atoms with van der Waals surface area (Å²) in [4.78, 5) is 0. The third-order valence-corrected chi connectivity index (χ3v) is 5.82. The molecule has 1 heterocycles. The molecule has 0 aromatic carbocycles. The normalized spacial score (nSPS) is 14.7. The highest BCUT2D eigenvalue weighted by Crippen LogP contribution is 2.34. The maximum absolute atomic E-state index is 4.84. The van der Waals surface area contributed by atoms with Gasteiger partial charge in [-0.3, -0.25) is 4.68 Å². The van der Waals surface area contributed by atoms with Crippen molar-refractivity contribution in [3.8, 4) is 0 Å². The molecule has 1 atom stereocenters. The van der Waals surface area contributed by atoms with E-state index in [-0.39, 0.29) is 0 Å². The molecule has 0 spiro atoms. The van der Waals surface area contributed by atoms with Crippen LogP contribution < -0.4 is 0 Å². The van der Waals surface area contributed by atoms with E-state index in [4.69, 9.17) is 5.10 Å². The van der Waals surface area contributed by atoms with Crippen LogP contribution in [0.4, 0.5) is 0 Å². The molecule has 0 bridgehead atoms. The Kier molecular flexibility index (Phi) is 7.86. The first kappa shape index (κ1) is 17.7. The van der Waals surface area contributed by atoms with Crippen molar-refractivity contribution < 1.29 is 0 Å². The summed E-state index contributed by atoms with van der Waals surface area (Å²) >= 11 is 3.75. The molecule has 1 aromatic rings. The van der Waals surface area contributed by atoms with Crippen LogP contribution in [-0.4, -0.2) is 15.1 Å². The molecule has 0 aliphatic carbocycles. The van der Waals surface area contributed by atoms with Gasteiger partial charge >= 0.3 is 0 Å². The van der Waals surface area contributed by atoms with E-state index >= 15 is 0 Å². The lowest BCUT2D eigenvalue weighted by molar-refractivity contribution is 0.279. The smallest absolute Gasteiger partial charge is 0.0630 e. The number of alkyl halides is 1. The van der Waals surface area contributed by atoms with Crippen LogP contribution in [0.1, 0.15) is 78.0 Å². The summed E-state index contributed by atoms with van der Waals surface area (Å²) in [5.74, 6) is 0. The van der Waals surface area contributed by atoms with Crippen LogP contribution in [0.25, 0.3) is 0 Å². The molecule has 0 aliphatic rings. The van der Waals surface area contributed by atoms with Crippen molar-refractivity contribution in [2.24, 2.45) is 5.41 Å². The second-order valence-corrected chi connectivity index (χ2v) is 6.59.